The zero-order valence-electron chi connectivity index (χ0n) is 14.9. The van der Waals surface area contributed by atoms with E-state index in [-0.39, 0.29) is 5.97 Å². The molecule has 2 nitrogen and oxygen atoms in total. The average molecular weight is 316 g/mol. The van der Waals surface area contributed by atoms with Gasteiger partial charge in [0.2, 0.25) is 0 Å². The third-order valence-electron chi connectivity index (χ3n) is 3.32. The molecule has 0 unspecified atom stereocenters. The normalized spacial score (nSPS) is 9.48. The molecule has 0 saturated heterocycles. The van der Waals surface area contributed by atoms with Crippen molar-refractivity contribution in [1.29, 1.82) is 0 Å². The van der Waals surface area contributed by atoms with E-state index in [9.17, 15) is 4.79 Å². The molecule has 1 aromatic carbocycles. The fourth-order valence-electron chi connectivity index (χ4n) is 1.92. The van der Waals surface area contributed by atoms with Gasteiger partial charge < -0.3 is 4.74 Å². The number of hydrogen-bond donors (Lipinski definition) is 0. The maximum Gasteiger partial charge on any atom is 0.333 e. The molecule has 1 rings (SSSR count). The number of unbranched alkanes of at least 4 members (excludes halogenated alkanes) is 6. The fourth-order valence-corrected chi connectivity index (χ4v) is 1.92. The van der Waals surface area contributed by atoms with Crippen LogP contribution in [0.15, 0.2) is 55.1 Å². The quantitative estimate of drug-likeness (QED) is 0.221. The lowest BCUT2D eigenvalue weighted by atomic mass is 10.1. The predicted molar refractivity (Wildman–Crippen MR) is 99.2 cm³/mol. The molecule has 0 aliphatic rings. The fraction of sp³-hybridized carbons (Fsp3) is 0.476. The number of carbonyl (C=O) groups is 1. The summed E-state index contributed by atoms with van der Waals surface area (Å²) >= 11 is 0. The maximum absolute atomic E-state index is 11.0. The standard InChI is InChI=1S/C11H12O2.C10H20/c1-9(2)11(12)13-8-10-6-4-3-5-7-10;1-3-5-7-9-10-8-6-4-2/h3-7H,1,8H2,2H3;3H,1,4-10H2,2H3. The minimum atomic E-state index is -0.344. The van der Waals surface area contributed by atoms with Crippen LogP contribution in [0.2, 0.25) is 0 Å². The molecule has 2 heteroatoms. The Bertz CT molecular complexity index is 434. The van der Waals surface area contributed by atoms with Crippen molar-refractivity contribution >= 4 is 5.97 Å². The molecule has 0 aromatic heterocycles. The second-order valence-electron chi connectivity index (χ2n) is 5.69. The van der Waals surface area contributed by atoms with E-state index in [2.05, 4.69) is 20.1 Å². The van der Waals surface area contributed by atoms with E-state index in [1.807, 2.05) is 36.4 Å². The molecule has 128 valence electrons. The summed E-state index contributed by atoms with van der Waals surface area (Å²) in [5.74, 6) is -0.344. The van der Waals surface area contributed by atoms with E-state index in [4.69, 9.17) is 4.74 Å². The molecular weight excluding hydrogens is 284 g/mol. The Morgan fingerprint density at radius 3 is 2.26 bits per heavy atom. The van der Waals surface area contributed by atoms with Gasteiger partial charge in [0, 0.05) is 5.57 Å². The number of ether oxygens (including phenoxy) is 1. The van der Waals surface area contributed by atoms with Gasteiger partial charge in [0.25, 0.3) is 0 Å². The monoisotopic (exact) mass is 316 g/mol. The van der Waals surface area contributed by atoms with Crippen LogP contribution in [0.25, 0.3) is 0 Å². The summed E-state index contributed by atoms with van der Waals surface area (Å²) in [6.45, 7) is 11.4. The van der Waals surface area contributed by atoms with Crippen LogP contribution in [-0.4, -0.2) is 5.97 Å². The molecule has 0 bridgehead atoms. The lowest BCUT2D eigenvalue weighted by Crippen LogP contribution is -2.04. The van der Waals surface area contributed by atoms with Crippen molar-refractivity contribution in [3.63, 3.8) is 0 Å². The number of allylic oxidation sites excluding steroid dienone is 1. The molecular formula is C21H32O2. The van der Waals surface area contributed by atoms with Crippen molar-refractivity contribution in [3.8, 4) is 0 Å². The molecule has 0 N–H and O–H groups in total. The maximum atomic E-state index is 11.0. The molecule has 0 radical (unpaired) electrons. The molecule has 0 heterocycles. The van der Waals surface area contributed by atoms with Crippen molar-refractivity contribution in [1.82, 2.24) is 0 Å². The third-order valence-corrected chi connectivity index (χ3v) is 3.32. The first-order valence-electron chi connectivity index (χ1n) is 8.59. The first-order valence-corrected chi connectivity index (χ1v) is 8.59. The first kappa shape index (κ1) is 21.2. The largest absolute Gasteiger partial charge is 0.457 e. The van der Waals surface area contributed by atoms with E-state index >= 15 is 0 Å². The minimum Gasteiger partial charge on any atom is -0.457 e. The summed E-state index contributed by atoms with van der Waals surface area (Å²) in [4.78, 5) is 11.0. The van der Waals surface area contributed by atoms with Gasteiger partial charge >= 0.3 is 5.97 Å². The molecule has 0 aliphatic carbocycles. The third kappa shape index (κ3) is 13.5. The van der Waals surface area contributed by atoms with Crippen LogP contribution in [0, 0.1) is 0 Å². The SMILES string of the molecule is C=C(C)C(=O)OCc1ccccc1.C=CCCCCCCCC. The van der Waals surface area contributed by atoms with Crippen LogP contribution in [0.5, 0.6) is 0 Å². The number of esters is 1. The van der Waals surface area contributed by atoms with Crippen LogP contribution in [-0.2, 0) is 16.1 Å². The van der Waals surface area contributed by atoms with E-state index in [1.54, 1.807) is 6.92 Å². The Balaban J connectivity index is 0.000000438. The molecule has 0 fully saturated rings. The van der Waals surface area contributed by atoms with E-state index in [0.717, 1.165) is 5.56 Å². The number of carbonyl (C=O) groups excluding carboxylic acids is 1. The summed E-state index contributed by atoms with van der Waals surface area (Å²) in [5.41, 5.74) is 1.41. The van der Waals surface area contributed by atoms with E-state index < -0.39 is 0 Å². The van der Waals surface area contributed by atoms with Crippen molar-refractivity contribution in [3.05, 3.63) is 60.7 Å². The predicted octanol–water partition coefficient (Wildman–Crippen LogP) is 6.23. The zero-order chi connectivity index (χ0) is 17.3. The molecule has 0 amide bonds. The van der Waals surface area contributed by atoms with Gasteiger partial charge in [-0.1, -0.05) is 82.0 Å². The van der Waals surface area contributed by atoms with Crippen molar-refractivity contribution in [2.75, 3.05) is 0 Å². The van der Waals surface area contributed by atoms with Gasteiger partial charge in [-0.2, -0.15) is 0 Å². The molecule has 23 heavy (non-hydrogen) atoms. The van der Waals surface area contributed by atoms with Gasteiger partial charge in [-0.15, -0.1) is 6.58 Å². The summed E-state index contributed by atoms with van der Waals surface area (Å²) in [5, 5.41) is 0. The number of hydrogen-bond acceptors (Lipinski definition) is 2. The van der Waals surface area contributed by atoms with Crippen LogP contribution < -0.4 is 0 Å². The highest BCUT2D eigenvalue weighted by Crippen LogP contribution is 2.06. The second-order valence-corrected chi connectivity index (χ2v) is 5.69. The van der Waals surface area contributed by atoms with Crippen LogP contribution in [0.3, 0.4) is 0 Å². The molecule has 1 aromatic rings. The average Bonchev–Trinajstić information content (AvgIpc) is 2.57. The molecule has 0 atom stereocenters. The van der Waals surface area contributed by atoms with Crippen LogP contribution in [0.1, 0.15) is 64.4 Å². The zero-order valence-corrected chi connectivity index (χ0v) is 14.9. The summed E-state index contributed by atoms with van der Waals surface area (Å²) in [7, 11) is 0. The van der Waals surface area contributed by atoms with Gasteiger partial charge in [-0.05, 0) is 25.3 Å². The van der Waals surface area contributed by atoms with Crippen molar-refractivity contribution < 1.29 is 9.53 Å². The highest BCUT2D eigenvalue weighted by molar-refractivity contribution is 5.86. The van der Waals surface area contributed by atoms with Gasteiger partial charge in [-0.3, -0.25) is 0 Å². The van der Waals surface area contributed by atoms with Gasteiger partial charge in [-0.25, -0.2) is 4.79 Å². The first-order chi connectivity index (χ1) is 11.1. The molecule has 0 aliphatic heterocycles. The van der Waals surface area contributed by atoms with Gasteiger partial charge in [0.1, 0.15) is 6.61 Å². The van der Waals surface area contributed by atoms with E-state index in [0.29, 0.717) is 12.2 Å². The van der Waals surface area contributed by atoms with Gasteiger partial charge in [0.15, 0.2) is 0 Å². The van der Waals surface area contributed by atoms with Crippen molar-refractivity contribution in [2.45, 2.75) is 65.4 Å². The molecule has 0 saturated carbocycles. The number of rotatable bonds is 10. The lowest BCUT2D eigenvalue weighted by Gasteiger charge is -2.03. The van der Waals surface area contributed by atoms with E-state index in [1.165, 1.54) is 44.9 Å². The Morgan fingerprint density at radius 2 is 1.70 bits per heavy atom. The second kappa shape index (κ2) is 15.1. The Kier molecular flexibility index (Phi) is 13.9. The van der Waals surface area contributed by atoms with Crippen LogP contribution >= 0.6 is 0 Å². The number of benzene rings is 1. The highest BCUT2D eigenvalue weighted by atomic mass is 16.5. The Morgan fingerprint density at radius 1 is 1.09 bits per heavy atom. The smallest absolute Gasteiger partial charge is 0.333 e. The molecule has 0 spiro atoms. The Hall–Kier alpha value is -1.83. The van der Waals surface area contributed by atoms with Crippen LogP contribution in [0.4, 0.5) is 0 Å². The van der Waals surface area contributed by atoms with Crippen molar-refractivity contribution in [2.24, 2.45) is 0 Å². The summed E-state index contributed by atoms with van der Waals surface area (Å²) in [6.07, 6.45) is 11.6. The topological polar surface area (TPSA) is 26.3 Å². The Labute approximate surface area is 142 Å². The minimum absolute atomic E-state index is 0.312. The highest BCUT2D eigenvalue weighted by Gasteiger charge is 2.02. The van der Waals surface area contributed by atoms with Gasteiger partial charge in [0.05, 0.1) is 0 Å². The lowest BCUT2D eigenvalue weighted by molar-refractivity contribution is -0.140. The summed E-state index contributed by atoms with van der Waals surface area (Å²) in [6, 6.07) is 9.55. The summed E-state index contributed by atoms with van der Waals surface area (Å²) < 4.78 is 4.95.